The van der Waals surface area contributed by atoms with Gasteiger partial charge in [-0.2, -0.15) is 0 Å². The number of rotatable bonds is 4. The van der Waals surface area contributed by atoms with Crippen LogP contribution >= 0.6 is 27.3 Å². The smallest absolute Gasteiger partial charge is 0.183 e. The second-order valence-corrected chi connectivity index (χ2v) is 4.68. The molecule has 2 aromatic heterocycles. The van der Waals surface area contributed by atoms with Crippen LogP contribution in [0.5, 0.6) is 0 Å². The van der Waals surface area contributed by atoms with Crippen molar-refractivity contribution in [3.05, 3.63) is 22.1 Å². The van der Waals surface area contributed by atoms with E-state index in [0.717, 1.165) is 28.5 Å². The maximum absolute atomic E-state index is 4.23. The summed E-state index contributed by atoms with van der Waals surface area (Å²) in [5.41, 5.74) is 0. The fourth-order valence-corrected chi connectivity index (χ4v) is 2.32. The molecule has 0 spiro atoms. The molecule has 0 fully saturated rings. The zero-order valence-corrected chi connectivity index (χ0v) is 10.5. The van der Waals surface area contributed by atoms with Crippen molar-refractivity contribution in [2.24, 2.45) is 7.05 Å². The van der Waals surface area contributed by atoms with Gasteiger partial charge in [-0.25, -0.2) is 4.98 Å². The fourth-order valence-electron chi connectivity index (χ4n) is 1.15. The van der Waals surface area contributed by atoms with Crippen molar-refractivity contribution in [2.75, 3.05) is 11.9 Å². The van der Waals surface area contributed by atoms with E-state index in [0.29, 0.717) is 0 Å². The minimum atomic E-state index is 0.812. The highest BCUT2D eigenvalue weighted by atomic mass is 79.9. The van der Waals surface area contributed by atoms with Gasteiger partial charge in [0.25, 0.3) is 0 Å². The van der Waals surface area contributed by atoms with Crippen LogP contribution in [0.3, 0.4) is 0 Å². The van der Waals surface area contributed by atoms with E-state index < -0.39 is 0 Å². The summed E-state index contributed by atoms with van der Waals surface area (Å²) in [5, 5.41) is 13.9. The lowest BCUT2D eigenvalue weighted by Crippen LogP contribution is -2.08. The summed E-state index contributed by atoms with van der Waals surface area (Å²) in [6, 6.07) is 0. The van der Waals surface area contributed by atoms with Crippen LogP contribution in [0.2, 0.25) is 0 Å². The van der Waals surface area contributed by atoms with Crippen LogP contribution in [0.4, 0.5) is 5.13 Å². The number of hydrogen-bond acceptors (Lipinski definition) is 5. The summed E-state index contributed by atoms with van der Waals surface area (Å²) < 4.78 is 2.79. The van der Waals surface area contributed by atoms with Crippen molar-refractivity contribution in [2.45, 2.75) is 6.42 Å². The maximum atomic E-state index is 4.23. The van der Waals surface area contributed by atoms with Crippen molar-refractivity contribution in [1.82, 2.24) is 19.7 Å². The standard InChI is InChI=1S/C8H10BrN5S/c1-14-5-11-13-7(14)2-3-10-8-12-6(9)4-15-8/h4-5H,2-3H2,1H3,(H,10,12). The summed E-state index contributed by atoms with van der Waals surface area (Å²) in [6.45, 7) is 0.812. The largest absolute Gasteiger partial charge is 0.361 e. The predicted molar refractivity (Wildman–Crippen MR) is 63.0 cm³/mol. The van der Waals surface area contributed by atoms with E-state index in [2.05, 4.69) is 36.4 Å². The van der Waals surface area contributed by atoms with Gasteiger partial charge in [-0.05, 0) is 15.9 Å². The lowest BCUT2D eigenvalue weighted by molar-refractivity contribution is 0.788. The van der Waals surface area contributed by atoms with Gasteiger partial charge in [0.15, 0.2) is 5.13 Å². The molecule has 2 heterocycles. The van der Waals surface area contributed by atoms with Crippen molar-refractivity contribution in [3.8, 4) is 0 Å². The van der Waals surface area contributed by atoms with Crippen LogP contribution in [0.1, 0.15) is 5.82 Å². The van der Waals surface area contributed by atoms with Crippen LogP contribution in [0.15, 0.2) is 16.3 Å². The molecule has 0 unspecified atom stereocenters. The molecular weight excluding hydrogens is 278 g/mol. The molecule has 0 saturated heterocycles. The number of halogens is 1. The van der Waals surface area contributed by atoms with E-state index in [1.807, 2.05) is 17.0 Å². The van der Waals surface area contributed by atoms with Gasteiger partial charge in [-0.15, -0.1) is 21.5 Å². The molecule has 0 bridgehead atoms. The minimum Gasteiger partial charge on any atom is -0.361 e. The first-order valence-electron chi connectivity index (χ1n) is 4.43. The molecule has 5 nitrogen and oxygen atoms in total. The van der Waals surface area contributed by atoms with Crippen LogP contribution in [0, 0.1) is 0 Å². The molecule has 2 aromatic rings. The average Bonchev–Trinajstić information content (AvgIpc) is 2.77. The first kappa shape index (κ1) is 10.6. The summed E-state index contributed by atoms with van der Waals surface area (Å²) >= 11 is 4.89. The van der Waals surface area contributed by atoms with E-state index in [9.17, 15) is 0 Å². The summed E-state index contributed by atoms with van der Waals surface area (Å²) in [6.07, 6.45) is 2.54. The Morgan fingerprint density at radius 1 is 1.60 bits per heavy atom. The predicted octanol–water partition coefficient (Wildman–Crippen LogP) is 1.69. The molecule has 1 N–H and O–H groups in total. The Morgan fingerprint density at radius 2 is 2.47 bits per heavy atom. The normalized spacial score (nSPS) is 10.5. The SMILES string of the molecule is Cn1cnnc1CCNc1nc(Br)cs1. The van der Waals surface area contributed by atoms with Crippen LogP contribution in [-0.4, -0.2) is 26.3 Å². The highest BCUT2D eigenvalue weighted by Crippen LogP contribution is 2.18. The van der Waals surface area contributed by atoms with E-state index in [4.69, 9.17) is 0 Å². The number of thiazole rings is 1. The molecule has 0 aliphatic rings. The Balaban J connectivity index is 1.83. The first-order valence-corrected chi connectivity index (χ1v) is 6.11. The summed E-state index contributed by atoms with van der Waals surface area (Å²) in [7, 11) is 1.94. The zero-order chi connectivity index (χ0) is 10.7. The molecule has 2 rings (SSSR count). The van der Waals surface area contributed by atoms with Crippen LogP contribution < -0.4 is 5.32 Å². The Kier molecular flexibility index (Phi) is 3.32. The number of hydrogen-bond donors (Lipinski definition) is 1. The van der Waals surface area contributed by atoms with Crippen molar-refractivity contribution in [3.63, 3.8) is 0 Å². The minimum absolute atomic E-state index is 0.812. The van der Waals surface area contributed by atoms with Gasteiger partial charge >= 0.3 is 0 Å². The molecule has 0 atom stereocenters. The number of nitrogens with zero attached hydrogens (tertiary/aromatic N) is 4. The topological polar surface area (TPSA) is 55.6 Å². The number of aromatic nitrogens is 4. The van der Waals surface area contributed by atoms with Gasteiger partial charge in [0, 0.05) is 25.4 Å². The molecule has 0 radical (unpaired) electrons. The van der Waals surface area contributed by atoms with E-state index in [1.165, 1.54) is 0 Å². The summed E-state index contributed by atoms with van der Waals surface area (Å²) in [5.74, 6) is 0.970. The van der Waals surface area contributed by atoms with Gasteiger partial charge < -0.3 is 9.88 Å². The Bertz CT molecular complexity index is 438. The lowest BCUT2D eigenvalue weighted by atomic mass is 10.4. The molecule has 80 valence electrons. The second-order valence-electron chi connectivity index (χ2n) is 3.01. The quantitative estimate of drug-likeness (QED) is 0.930. The maximum Gasteiger partial charge on any atom is 0.183 e. The Labute approximate surface area is 99.7 Å². The molecule has 0 aromatic carbocycles. The van der Waals surface area contributed by atoms with Crippen molar-refractivity contribution >= 4 is 32.4 Å². The highest BCUT2D eigenvalue weighted by Gasteiger charge is 2.01. The van der Waals surface area contributed by atoms with Gasteiger partial charge in [0.1, 0.15) is 16.8 Å². The van der Waals surface area contributed by atoms with Gasteiger partial charge in [-0.1, -0.05) is 0 Å². The first-order chi connectivity index (χ1) is 7.25. The molecule has 0 amide bonds. The van der Waals surface area contributed by atoms with E-state index in [1.54, 1.807) is 17.7 Å². The molecule has 15 heavy (non-hydrogen) atoms. The Morgan fingerprint density at radius 3 is 3.07 bits per heavy atom. The Hall–Kier alpha value is -0.950. The monoisotopic (exact) mass is 287 g/mol. The van der Waals surface area contributed by atoms with Crippen LogP contribution in [0.25, 0.3) is 0 Å². The molecular formula is C8H10BrN5S. The van der Waals surface area contributed by atoms with Crippen LogP contribution in [-0.2, 0) is 13.5 Å². The zero-order valence-electron chi connectivity index (χ0n) is 8.14. The van der Waals surface area contributed by atoms with Crippen molar-refractivity contribution in [1.29, 1.82) is 0 Å². The summed E-state index contributed by atoms with van der Waals surface area (Å²) in [4.78, 5) is 4.23. The van der Waals surface area contributed by atoms with Crippen molar-refractivity contribution < 1.29 is 0 Å². The molecule has 0 aliphatic heterocycles. The molecule has 7 heteroatoms. The van der Waals surface area contributed by atoms with E-state index in [-0.39, 0.29) is 0 Å². The lowest BCUT2D eigenvalue weighted by Gasteiger charge is -2.01. The fraction of sp³-hybridized carbons (Fsp3) is 0.375. The number of nitrogens with one attached hydrogen (secondary N) is 1. The van der Waals surface area contributed by atoms with E-state index >= 15 is 0 Å². The second kappa shape index (κ2) is 4.71. The third kappa shape index (κ3) is 2.75. The third-order valence-electron chi connectivity index (χ3n) is 1.91. The number of anilines is 1. The molecule has 0 saturated carbocycles. The molecule has 0 aliphatic carbocycles. The average molecular weight is 288 g/mol. The van der Waals surface area contributed by atoms with Gasteiger partial charge in [0.05, 0.1) is 0 Å². The van der Waals surface area contributed by atoms with Gasteiger partial charge in [0.2, 0.25) is 0 Å². The third-order valence-corrected chi connectivity index (χ3v) is 3.42. The number of aryl methyl sites for hydroxylation is 1. The van der Waals surface area contributed by atoms with Gasteiger partial charge in [-0.3, -0.25) is 0 Å². The highest BCUT2D eigenvalue weighted by molar-refractivity contribution is 9.10.